The molecule has 6 nitrogen and oxygen atoms in total. The monoisotopic (exact) mass is 301 g/mol. The third kappa shape index (κ3) is 7.11. The van der Waals surface area contributed by atoms with Gasteiger partial charge in [0, 0.05) is 6.42 Å². The van der Waals surface area contributed by atoms with Crippen LogP contribution in [-0.2, 0) is 23.9 Å². The van der Waals surface area contributed by atoms with Crippen LogP contribution in [0.15, 0.2) is 0 Å². The molecule has 0 saturated heterocycles. The summed E-state index contributed by atoms with van der Waals surface area (Å²) in [6.45, 7) is 11.5. The minimum absolute atomic E-state index is 0.0410. The summed E-state index contributed by atoms with van der Waals surface area (Å²) in [6, 6.07) is -1.40. The fourth-order valence-electron chi connectivity index (χ4n) is 1.47. The van der Waals surface area contributed by atoms with Gasteiger partial charge in [0.05, 0.1) is 13.2 Å². The Kier molecular flexibility index (Phi) is 7.99. The van der Waals surface area contributed by atoms with Crippen LogP contribution in [0.2, 0.25) is 0 Å². The Morgan fingerprint density at radius 3 is 1.76 bits per heavy atom. The lowest BCUT2D eigenvalue weighted by molar-refractivity contribution is -0.159. The molecule has 0 bridgehead atoms. The maximum Gasteiger partial charge on any atom is 0.340 e. The molecule has 0 aliphatic carbocycles. The van der Waals surface area contributed by atoms with Crippen molar-refractivity contribution in [1.82, 2.24) is 5.32 Å². The molecule has 0 aliphatic heterocycles. The van der Waals surface area contributed by atoms with E-state index in [-0.39, 0.29) is 36.9 Å². The summed E-state index contributed by atoms with van der Waals surface area (Å²) >= 11 is 0. The van der Waals surface area contributed by atoms with E-state index in [0.29, 0.717) is 0 Å². The van der Waals surface area contributed by atoms with Gasteiger partial charge < -0.3 is 14.8 Å². The smallest absolute Gasteiger partial charge is 0.340 e. The Bertz CT molecular complexity index is 355. The Hall–Kier alpha value is -1.59. The van der Waals surface area contributed by atoms with E-state index >= 15 is 0 Å². The Morgan fingerprint density at radius 1 is 1.00 bits per heavy atom. The lowest BCUT2D eigenvalue weighted by Gasteiger charge is -2.27. The second-order valence-electron chi connectivity index (χ2n) is 5.98. The van der Waals surface area contributed by atoms with E-state index in [0.717, 1.165) is 0 Å². The largest absolute Gasteiger partial charge is 0.464 e. The molecule has 1 atom stereocenters. The molecule has 0 aromatic heterocycles. The molecular formula is C15H27NO5. The van der Waals surface area contributed by atoms with Gasteiger partial charge in [-0.2, -0.15) is 0 Å². The van der Waals surface area contributed by atoms with Crippen LogP contribution in [0.1, 0.15) is 48.0 Å². The number of nitrogens with one attached hydrogen (secondary N) is 1. The molecule has 6 heteroatoms. The predicted octanol–water partition coefficient (Wildman–Crippen LogP) is 1.67. The molecule has 0 spiro atoms. The summed E-state index contributed by atoms with van der Waals surface area (Å²) < 4.78 is 9.58. The van der Waals surface area contributed by atoms with Gasteiger partial charge in [-0.25, -0.2) is 9.59 Å². The zero-order chi connectivity index (χ0) is 16.6. The van der Waals surface area contributed by atoms with Crippen LogP contribution < -0.4 is 5.32 Å². The molecule has 1 unspecified atom stereocenters. The summed E-state index contributed by atoms with van der Waals surface area (Å²) in [4.78, 5) is 35.5. The molecular weight excluding hydrogens is 274 g/mol. The van der Waals surface area contributed by atoms with Crippen LogP contribution >= 0.6 is 0 Å². The van der Waals surface area contributed by atoms with Crippen molar-refractivity contribution in [2.24, 2.45) is 11.3 Å². The van der Waals surface area contributed by atoms with Gasteiger partial charge in [-0.05, 0) is 25.2 Å². The van der Waals surface area contributed by atoms with Crippen molar-refractivity contribution in [2.75, 3.05) is 13.2 Å². The number of carbonyl (C=O) groups is 3. The highest BCUT2D eigenvalue weighted by Gasteiger charge is 2.32. The van der Waals surface area contributed by atoms with Crippen molar-refractivity contribution >= 4 is 17.8 Å². The number of hydrogen-bond acceptors (Lipinski definition) is 5. The number of ether oxygens (including phenoxy) is 2. The highest BCUT2D eigenvalue weighted by molar-refractivity contribution is 6.02. The van der Waals surface area contributed by atoms with E-state index in [2.05, 4.69) is 5.32 Å². The molecule has 0 fully saturated rings. The van der Waals surface area contributed by atoms with E-state index in [1.165, 1.54) is 0 Å². The topological polar surface area (TPSA) is 81.7 Å². The number of carbonyl (C=O) groups excluding carboxylic acids is 3. The predicted molar refractivity (Wildman–Crippen MR) is 78.4 cm³/mol. The first-order valence-corrected chi connectivity index (χ1v) is 7.26. The molecule has 0 aromatic rings. The first-order chi connectivity index (χ1) is 9.63. The lowest BCUT2D eigenvalue weighted by Crippen LogP contribution is -2.48. The minimum atomic E-state index is -1.40. The number of esters is 2. The van der Waals surface area contributed by atoms with Crippen molar-refractivity contribution in [2.45, 2.75) is 54.0 Å². The summed E-state index contributed by atoms with van der Waals surface area (Å²) in [5, 5.41) is 2.40. The van der Waals surface area contributed by atoms with Gasteiger partial charge in [0.25, 0.3) is 0 Å². The van der Waals surface area contributed by atoms with Crippen molar-refractivity contribution in [3.63, 3.8) is 0 Å². The van der Waals surface area contributed by atoms with Crippen molar-refractivity contribution < 1.29 is 23.9 Å². The van der Waals surface area contributed by atoms with Gasteiger partial charge in [-0.3, -0.25) is 4.79 Å². The number of amides is 1. The Balaban J connectivity index is 4.77. The molecule has 0 saturated carbocycles. The standard InChI is InChI=1S/C15H27NO5/c1-7-20-13(18)12(14(19)21-8-2)16-11(17)9-10(3)15(4,5)6/h10,12H,7-9H2,1-6H3,(H,16,17). The first kappa shape index (κ1) is 19.4. The Morgan fingerprint density at radius 2 is 1.43 bits per heavy atom. The van der Waals surface area contributed by atoms with Crippen LogP contribution in [-0.4, -0.2) is 37.1 Å². The van der Waals surface area contributed by atoms with Gasteiger partial charge >= 0.3 is 11.9 Å². The zero-order valence-corrected chi connectivity index (χ0v) is 13.8. The molecule has 0 aliphatic rings. The van der Waals surface area contributed by atoms with E-state index in [9.17, 15) is 14.4 Å². The van der Waals surface area contributed by atoms with Crippen molar-refractivity contribution in [3.05, 3.63) is 0 Å². The van der Waals surface area contributed by atoms with Crippen LogP contribution in [0.25, 0.3) is 0 Å². The molecule has 122 valence electrons. The fourth-order valence-corrected chi connectivity index (χ4v) is 1.47. The van der Waals surface area contributed by atoms with Crippen LogP contribution in [0.5, 0.6) is 0 Å². The zero-order valence-electron chi connectivity index (χ0n) is 13.8. The minimum Gasteiger partial charge on any atom is -0.464 e. The van der Waals surface area contributed by atoms with Gasteiger partial charge in [0.2, 0.25) is 11.9 Å². The average Bonchev–Trinajstić information content (AvgIpc) is 2.35. The molecule has 0 radical (unpaired) electrons. The lowest BCUT2D eigenvalue weighted by atomic mass is 9.80. The van der Waals surface area contributed by atoms with Gasteiger partial charge in [-0.1, -0.05) is 27.7 Å². The molecule has 0 aromatic carbocycles. The summed E-state index contributed by atoms with van der Waals surface area (Å²) in [5.74, 6) is -1.87. The van der Waals surface area contributed by atoms with Crippen LogP contribution in [0, 0.1) is 11.3 Å². The maximum atomic E-state index is 12.0. The van der Waals surface area contributed by atoms with E-state index in [1.54, 1.807) is 13.8 Å². The molecule has 0 heterocycles. The van der Waals surface area contributed by atoms with Gasteiger partial charge in [0.1, 0.15) is 0 Å². The second kappa shape index (κ2) is 8.64. The van der Waals surface area contributed by atoms with Gasteiger partial charge in [-0.15, -0.1) is 0 Å². The third-order valence-electron chi connectivity index (χ3n) is 3.32. The van der Waals surface area contributed by atoms with E-state index in [4.69, 9.17) is 9.47 Å². The van der Waals surface area contributed by atoms with Crippen molar-refractivity contribution in [3.8, 4) is 0 Å². The summed E-state index contributed by atoms with van der Waals surface area (Å²) in [7, 11) is 0. The number of rotatable bonds is 7. The Labute approximate surface area is 126 Å². The molecule has 1 N–H and O–H groups in total. The van der Waals surface area contributed by atoms with Crippen LogP contribution in [0.3, 0.4) is 0 Å². The summed E-state index contributed by atoms with van der Waals surface area (Å²) in [5.41, 5.74) is -0.0410. The highest BCUT2D eigenvalue weighted by Crippen LogP contribution is 2.27. The number of hydrogen-bond donors (Lipinski definition) is 1. The molecule has 1 amide bonds. The fraction of sp³-hybridized carbons (Fsp3) is 0.800. The highest BCUT2D eigenvalue weighted by atomic mass is 16.6. The SMILES string of the molecule is CCOC(=O)C(NC(=O)CC(C)C(C)(C)C)C(=O)OCC. The second-order valence-corrected chi connectivity index (χ2v) is 5.98. The normalized spacial score (nSPS) is 12.7. The molecule has 21 heavy (non-hydrogen) atoms. The third-order valence-corrected chi connectivity index (χ3v) is 3.32. The first-order valence-electron chi connectivity index (χ1n) is 7.26. The molecule has 0 rings (SSSR count). The van der Waals surface area contributed by atoms with E-state index in [1.807, 2.05) is 27.7 Å². The van der Waals surface area contributed by atoms with Gasteiger partial charge in [0.15, 0.2) is 0 Å². The van der Waals surface area contributed by atoms with Crippen LogP contribution in [0.4, 0.5) is 0 Å². The quantitative estimate of drug-likeness (QED) is 0.571. The average molecular weight is 301 g/mol. The van der Waals surface area contributed by atoms with E-state index < -0.39 is 18.0 Å². The maximum absolute atomic E-state index is 12.0. The summed E-state index contributed by atoms with van der Waals surface area (Å²) in [6.07, 6.45) is 0.221. The van der Waals surface area contributed by atoms with Crippen molar-refractivity contribution in [1.29, 1.82) is 0 Å².